The highest BCUT2D eigenvalue weighted by Crippen LogP contribution is 2.32. The van der Waals surface area contributed by atoms with Crippen molar-refractivity contribution >= 4 is 18.2 Å². The smallest absolute Gasteiger partial charge is 0.231 e. The summed E-state index contributed by atoms with van der Waals surface area (Å²) >= 11 is 0. The van der Waals surface area contributed by atoms with Gasteiger partial charge in [-0.15, -0.1) is 12.4 Å². The summed E-state index contributed by atoms with van der Waals surface area (Å²) < 4.78 is 10.4. The van der Waals surface area contributed by atoms with Gasteiger partial charge in [-0.2, -0.15) is 0 Å². The zero-order valence-corrected chi connectivity index (χ0v) is 10.0. The summed E-state index contributed by atoms with van der Waals surface area (Å²) in [4.78, 5) is 13.6. The lowest BCUT2D eigenvalue weighted by Crippen LogP contribution is -2.21. The van der Waals surface area contributed by atoms with Gasteiger partial charge in [0, 0.05) is 5.56 Å². The van der Waals surface area contributed by atoms with Crippen molar-refractivity contribution in [3.05, 3.63) is 23.8 Å². The highest BCUT2D eigenvalue weighted by atomic mass is 35.5. The largest absolute Gasteiger partial charge is 0.454 e. The summed E-state index contributed by atoms with van der Waals surface area (Å²) in [5.41, 5.74) is 0.660. The molecule has 0 aromatic heterocycles. The van der Waals surface area contributed by atoms with Crippen LogP contribution < -0.4 is 9.47 Å². The highest BCUT2D eigenvalue weighted by Gasteiger charge is 2.16. The first kappa shape index (κ1) is 12.8. The number of fused-ring (bicyclic) bond motifs is 1. The minimum atomic E-state index is 0. The maximum Gasteiger partial charge on any atom is 0.231 e. The van der Waals surface area contributed by atoms with Crippen LogP contribution in [-0.4, -0.2) is 38.1 Å². The van der Waals surface area contributed by atoms with Gasteiger partial charge in [0.15, 0.2) is 17.3 Å². The lowest BCUT2D eigenvalue weighted by molar-refractivity contribution is 0.0957. The number of rotatable bonds is 3. The monoisotopic (exact) mass is 243 g/mol. The molecule has 1 aliphatic heterocycles. The van der Waals surface area contributed by atoms with Crippen molar-refractivity contribution < 1.29 is 14.3 Å². The van der Waals surface area contributed by atoms with Gasteiger partial charge in [0.05, 0.1) is 6.54 Å². The van der Waals surface area contributed by atoms with Crippen molar-refractivity contribution in [1.29, 1.82) is 0 Å². The summed E-state index contributed by atoms with van der Waals surface area (Å²) in [6, 6.07) is 5.26. The number of ketones is 1. The Bertz CT molecular complexity index is 393. The lowest BCUT2D eigenvalue weighted by atomic mass is 10.1. The van der Waals surface area contributed by atoms with Crippen LogP contribution in [0.2, 0.25) is 0 Å². The second-order valence-corrected chi connectivity index (χ2v) is 3.73. The number of carbonyl (C=O) groups is 1. The van der Waals surface area contributed by atoms with Crippen LogP contribution in [0.15, 0.2) is 18.2 Å². The van der Waals surface area contributed by atoms with Gasteiger partial charge in [-0.1, -0.05) is 0 Å². The molecule has 0 saturated heterocycles. The first-order valence-electron chi connectivity index (χ1n) is 4.74. The molecule has 0 bridgehead atoms. The standard InChI is InChI=1S/C11H13NO3.ClH/c1-12(2)6-9(13)8-3-4-10-11(5-8)15-7-14-10;/h3-5H,6-7H2,1-2H3;1H. The number of ether oxygens (including phenoxy) is 2. The Morgan fingerprint density at radius 1 is 1.31 bits per heavy atom. The Labute approximate surface area is 101 Å². The minimum absolute atomic E-state index is 0. The first-order chi connectivity index (χ1) is 7.16. The van der Waals surface area contributed by atoms with E-state index in [4.69, 9.17) is 9.47 Å². The predicted molar refractivity (Wildman–Crippen MR) is 62.7 cm³/mol. The average Bonchev–Trinajstić information content (AvgIpc) is 2.62. The average molecular weight is 244 g/mol. The van der Waals surface area contributed by atoms with Crippen molar-refractivity contribution in [1.82, 2.24) is 4.90 Å². The lowest BCUT2D eigenvalue weighted by Gasteiger charge is -2.08. The van der Waals surface area contributed by atoms with Gasteiger partial charge in [-0.25, -0.2) is 0 Å². The van der Waals surface area contributed by atoms with Crippen LogP contribution >= 0.6 is 12.4 Å². The third-order valence-corrected chi connectivity index (χ3v) is 2.15. The SMILES string of the molecule is CN(C)CC(=O)c1ccc2c(c1)OCO2.Cl. The summed E-state index contributed by atoms with van der Waals surface area (Å²) in [7, 11) is 3.73. The van der Waals surface area contributed by atoms with Gasteiger partial charge in [0.25, 0.3) is 0 Å². The van der Waals surface area contributed by atoms with Crippen molar-refractivity contribution in [2.75, 3.05) is 27.4 Å². The Morgan fingerprint density at radius 3 is 2.69 bits per heavy atom. The van der Waals surface area contributed by atoms with E-state index in [0.29, 0.717) is 23.6 Å². The molecule has 0 N–H and O–H groups in total. The highest BCUT2D eigenvalue weighted by molar-refractivity contribution is 5.98. The van der Waals surface area contributed by atoms with Crippen LogP contribution in [0.5, 0.6) is 11.5 Å². The fraction of sp³-hybridized carbons (Fsp3) is 0.364. The first-order valence-corrected chi connectivity index (χ1v) is 4.74. The van der Waals surface area contributed by atoms with E-state index in [-0.39, 0.29) is 25.0 Å². The van der Waals surface area contributed by atoms with Crippen LogP contribution in [0.3, 0.4) is 0 Å². The predicted octanol–water partition coefficient (Wildman–Crippen LogP) is 1.58. The second kappa shape index (κ2) is 5.18. The Morgan fingerprint density at radius 2 is 2.00 bits per heavy atom. The molecule has 16 heavy (non-hydrogen) atoms. The van der Waals surface area contributed by atoms with Gasteiger partial charge in [-0.3, -0.25) is 4.79 Å². The van der Waals surface area contributed by atoms with Crippen LogP contribution in [0.1, 0.15) is 10.4 Å². The third kappa shape index (κ3) is 2.65. The van der Waals surface area contributed by atoms with Crippen molar-refractivity contribution in [3.63, 3.8) is 0 Å². The summed E-state index contributed by atoms with van der Waals surface area (Å²) in [6.07, 6.45) is 0. The number of likely N-dealkylation sites (N-methyl/N-ethyl adjacent to an activating group) is 1. The minimum Gasteiger partial charge on any atom is -0.454 e. The molecule has 88 valence electrons. The van der Waals surface area contributed by atoms with E-state index in [2.05, 4.69) is 0 Å². The van der Waals surface area contributed by atoms with Gasteiger partial charge in [0.1, 0.15) is 0 Å². The molecular weight excluding hydrogens is 230 g/mol. The van der Waals surface area contributed by atoms with E-state index in [9.17, 15) is 4.79 Å². The molecule has 0 aliphatic carbocycles. The molecule has 4 nitrogen and oxygen atoms in total. The maximum atomic E-state index is 11.7. The third-order valence-electron chi connectivity index (χ3n) is 2.15. The molecule has 1 heterocycles. The van der Waals surface area contributed by atoms with Gasteiger partial charge < -0.3 is 14.4 Å². The molecule has 0 radical (unpaired) electrons. The fourth-order valence-electron chi connectivity index (χ4n) is 1.45. The Hall–Kier alpha value is -1.26. The molecule has 1 aliphatic rings. The fourth-order valence-corrected chi connectivity index (χ4v) is 1.45. The van der Waals surface area contributed by atoms with Crippen LogP contribution in [0.25, 0.3) is 0 Å². The zero-order valence-electron chi connectivity index (χ0n) is 9.23. The number of hydrogen-bond donors (Lipinski definition) is 0. The molecule has 2 rings (SSSR count). The molecular formula is C11H14ClNO3. The Balaban J connectivity index is 0.00000128. The molecule has 0 fully saturated rings. The van der Waals surface area contributed by atoms with Crippen LogP contribution in [-0.2, 0) is 0 Å². The van der Waals surface area contributed by atoms with E-state index in [1.807, 2.05) is 19.0 Å². The van der Waals surface area contributed by atoms with Gasteiger partial charge >= 0.3 is 0 Å². The number of halogens is 1. The molecule has 1 aromatic rings. The molecule has 0 unspecified atom stereocenters. The van der Waals surface area contributed by atoms with Crippen molar-refractivity contribution in [2.45, 2.75) is 0 Å². The maximum absolute atomic E-state index is 11.7. The van der Waals surface area contributed by atoms with E-state index >= 15 is 0 Å². The molecule has 0 saturated carbocycles. The van der Waals surface area contributed by atoms with Crippen LogP contribution in [0, 0.1) is 0 Å². The van der Waals surface area contributed by atoms with Crippen molar-refractivity contribution in [3.8, 4) is 11.5 Å². The number of nitrogens with zero attached hydrogens (tertiary/aromatic N) is 1. The normalized spacial score (nSPS) is 12.4. The van der Waals surface area contributed by atoms with Gasteiger partial charge in [-0.05, 0) is 32.3 Å². The summed E-state index contributed by atoms with van der Waals surface area (Å²) in [6.45, 7) is 0.639. The van der Waals surface area contributed by atoms with E-state index in [1.54, 1.807) is 18.2 Å². The summed E-state index contributed by atoms with van der Waals surface area (Å²) in [5.74, 6) is 1.44. The second-order valence-electron chi connectivity index (χ2n) is 3.73. The Kier molecular flexibility index (Phi) is 4.15. The van der Waals surface area contributed by atoms with E-state index < -0.39 is 0 Å². The van der Waals surface area contributed by atoms with Crippen LogP contribution in [0.4, 0.5) is 0 Å². The topological polar surface area (TPSA) is 38.8 Å². The molecule has 0 spiro atoms. The van der Waals surface area contributed by atoms with E-state index in [0.717, 1.165) is 0 Å². The van der Waals surface area contributed by atoms with Crippen molar-refractivity contribution in [2.24, 2.45) is 0 Å². The number of benzene rings is 1. The molecule has 1 aromatic carbocycles. The molecule has 0 amide bonds. The molecule has 5 heteroatoms. The molecule has 0 atom stereocenters. The number of carbonyl (C=O) groups excluding carboxylic acids is 1. The van der Waals surface area contributed by atoms with Gasteiger partial charge in [0.2, 0.25) is 6.79 Å². The quantitative estimate of drug-likeness (QED) is 0.756. The summed E-state index contributed by atoms with van der Waals surface area (Å²) in [5, 5.41) is 0. The number of Topliss-reactive ketones (excluding diaryl/α,β-unsaturated/α-hetero) is 1. The zero-order chi connectivity index (χ0) is 10.8. The van der Waals surface area contributed by atoms with E-state index in [1.165, 1.54) is 0 Å². The number of hydrogen-bond acceptors (Lipinski definition) is 4.